The van der Waals surface area contributed by atoms with Gasteiger partial charge in [-0.2, -0.15) is 0 Å². The smallest absolute Gasteiger partial charge is 0.255 e. The summed E-state index contributed by atoms with van der Waals surface area (Å²) in [4.78, 5) is 15.7. The number of carbonyl (C=O) groups is 1. The maximum atomic E-state index is 13.2. The molecule has 0 bridgehead atoms. The number of hydrogen-bond donors (Lipinski definition) is 0. The maximum Gasteiger partial charge on any atom is 0.255 e. The molecule has 28 heavy (non-hydrogen) atoms. The van der Waals surface area contributed by atoms with Crippen LogP contribution in [0.2, 0.25) is 0 Å². The normalized spacial score (nSPS) is 12.9. The Kier molecular flexibility index (Phi) is 5.12. The van der Waals surface area contributed by atoms with Crippen molar-refractivity contribution in [3.05, 3.63) is 81.8 Å². The molecule has 0 N–H and O–H groups in total. The quantitative estimate of drug-likeness (QED) is 0.582. The van der Waals surface area contributed by atoms with Crippen molar-refractivity contribution >= 4 is 28.9 Å². The number of amides is 1. The second-order valence-corrected chi connectivity index (χ2v) is 7.38. The number of nitrogens with zero attached hydrogens (tertiary/aromatic N) is 1. The Balaban J connectivity index is 1.59. The fraction of sp³-hybridized carbons (Fsp3) is 0.136. The van der Waals surface area contributed by atoms with E-state index in [9.17, 15) is 9.18 Å². The summed E-state index contributed by atoms with van der Waals surface area (Å²) in [6.45, 7) is 0.651. The maximum absolute atomic E-state index is 13.2. The molecule has 1 aliphatic heterocycles. The van der Waals surface area contributed by atoms with Gasteiger partial charge < -0.3 is 14.4 Å². The number of fused-ring (bicyclic) bond motifs is 1. The Hall–Kier alpha value is -3.12. The standard InChI is InChI=1S/C22H18FNO3S/c1-24(13-16-6-9-19-20(12-16)27-14-26-19)22(25)18(21-3-2-10-28-21)11-15-4-7-17(23)8-5-15/h2-12H,13-14H2,1H3/b18-11+. The lowest BCUT2D eigenvalue weighted by Gasteiger charge is -2.19. The summed E-state index contributed by atoms with van der Waals surface area (Å²) in [6, 6.07) is 15.6. The van der Waals surface area contributed by atoms with Crippen LogP contribution in [-0.4, -0.2) is 24.6 Å². The van der Waals surface area contributed by atoms with Crippen molar-refractivity contribution in [2.45, 2.75) is 6.54 Å². The molecule has 2 heterocycles. The summed E-state index contributed by atoms with van der Waals surface area (Å²) in [5, 5.41) is 1.93. The van der Waals surface area contributed by atoms with E-state index in [1.807, 2.05) is 35.7 Å². The predicted molar refractivity (Wildman–Crippen MR) is 108 cm³/mol. The molecule has 0 unspecified atom stereocenters. The van der Waals surface area contributed by atoms with Gasteiger partial charge in [-0.1, -0.05) is 24.3 Å². The van der Waals surface area contributed by atoms with E-state index in [-0.39, 0.29) is 18.5 Å². The lowest BCUT2D eigenvalue weighted by Crippen LogP contribution is -2.26. The van der Waals surface area contributed by atoms with Gasteiger partial charge in [0.1, 0.15) is 5.82 Å². The van der Waals surface area contributed by atoms with Crippen LogP contribution in [-0.2, 0) is 11.3 Å². The lowest BCUT2D eigenvalue weighted by molar-refractivity contribution is -0.124. The zero-order valence-corrected chi connectivity index (χ0v) is 16.0. The number of likely N-dealkylation sites (N-methyl/N-ethyl adjacent to an activating group) is 1. The van der Waals surface area contributed by atoms with Crippen molar-refractivity contribution in [3.63, 3.8) is 0 Å². The van der Waals surface area contributed by atoms with Crippen LogP contribution in [0.4, 0.5) is 4.39 Å². The van der Waals surface area contributed by atoms with E-state index in [4.69, 9.17) is 9.47 Å². The fourth-order valence-electron chi connectivity index (χ4n) is 2.99. The van der Waals surface area contributed by atoms with Gasteiger partial charge >= 0.3 is 0 Å². The van der Waals surface area contributed by atoms with Gasteiger partial charge in [0.25, 0.3) is 5.91 Å². The van der Waals surface area contributed by atoms with Crippen molar-refractivity contribution in [1.82, 2.24) is 4.90 Å². The molecule has 0 fully saturated rings. The fourth-order valence-corrected chi connectivity index (χ4v) is 3.72. The first-order chi connectivity index (χ1) is 13.6. The second kappa shape index (κ2) is 7.86. The van der Waals surface area contributed by atoms with Gasteiger partial charge in [0.05, 0.1) is 5.57 Å². The molecule has 0 spiro atoms. The highest BCUT2D eigenvalue weighted by atomic mass is 32.1. The Morgan fingerprint density at radius 2 is 1.93 bits per heavy atom. The van der Waals surface area contributed by atoms with Gasteiger partial charge in [-0.15, -0.1) is 11.3 Å². The lowest BCUT2D eigenvalue weighted by atomic mass is 10.1. The summed E-state index contributed by atoms with van der Waals surface area (Å²) < 4.78 is 23.9. The van der Waals surface area contributed by atoms with Crippen LogP contribution in [0, 0.1) is 5.82 Å². The Labute approximate surface area is 166 Å². The first-order valence-corrected chi connectivity index (χ1v) is 9.63. The molecule has 3 aromatic rings. The highest BCUT2D eigenvalue weighted by Crippen LogP contribution is 2.33. The van der Waals surface area contributed by atoms with Crippen LogP contribution < -0.4 is 9.47 Å². The Morgan fingerprint density at radius 3 is 2.68 bits per heavy atom. The van der Waals surface area contributed by atoms with Gasteiger partial charge in [-0.3, -0.25) is 4.79 Å². The SMILES string of the molecule is CN(Cc1ccc2c(c1)OCO2)C(=O)/C(=C/c1ccc(F)cc1)c1cccs1. The zero-order chi connectivity index (χ0) is 19.5. The molecule has 0 saturated heterocycles. The van der Waals surface area contributed by atoms with Crippen molar-refractivity contribution in [3.8, 4) is 11.5 Å². The molecule has 0 atom stereocenters. The third kappa shape index (κ3) is 3.92. The third-order valence-corrected chi connectivity index (χ3v) is 5.30. The van der Waals surface area contributed by atoms with Crippen molar-refractivity contribution < 1.29 is 18.7 Å². The van der Waals surface area contributed by atoms with Crippen LogP contribution >= 0.6 is 11.3 Å². The first kappa shape index (κ1) is 18.3. The first-order valence-electron chi connectivity index (χ1n) is 8.75. The second-order valence-electron chi connectivity index (χ2n) is 6.44. The molecule has 0 aliphatic carbocycles. The van der Waals surface area contributed by atoms with E-state index in [0.717, 1.165) is 16.0 Å². The van der Waals surface area contributed by atoms with E-state index < -0.39 is 0 Å². The number of ether oxygens (including phenoxy) is 2. The van der Waals surface area contributed by atoms with Crippen molar-refractivity contribution in [1.29, 1.82) is 0 Å². The van der Waals surface area contributed by atoms with Gasteiger partial charge in [-0.05, 0) is 52.9 Å². The number of carbonyl (C=O) groups excluding carboxylic acids is 1. The zero-order valence-electron chi connectivity index (χ0n) is 15.2. The highest BCUT2D eigenvalue weighted by Gasteiger charge is 2.19. The molecular formula is C22H18FNO3S. The number of halogens is 1. The minimum Gasteiger partial charge on any atom is -0.454 e. The summed E-state index contributed by atoms with van der Waals surface area (Å²) in [5.41, 5.74) is 2.30. The molecule has 0 saturated carbocycles. The van der Waals surface area contributed by atoms with Crippen LogP contribution in [0.3, 0.4) is 0 Å². The molecule has 2 aromatic carbocycles. The minimum absolute atomic E-state index is 0.107. The van der Waals surface area contributed by atoms with E-state index in [1.165, 1.54) is 23.5 Å². The van der Waals surface area contributed by atoms with Crippen LogP contribution in [0.1, 0.15) is 16.0 Å². The summed E-state index contributed by atoms with van der Waals surface area (Å²) in [7, 11) is 1.76. The van der Waals surface area contributed by atoms with Gasteiger partial charge in [0.15, 0.2) is 11.5 Å². The van der Waals surface area contributed by atoms with E-state index in [2.05, 4.69) is 0 Å². The number of thiophene rings is 1. The monoisotopic (exact) mass is 395 g/mol. The number of rotatable bonds is 5. The molecular weight excluding hydrogens is 377 g/mol. The van der Waals surface area contributed by atoms with E-state index in [1.54, 1.807) is 30.2 Å². The van der Waals surface area contributed by atoms with Crippen LogP contribution in [0.5, 0.6) is 11.5 Å². The Morgan fingerprint density at radius 1 is 1.14 bits per heavy atom. The molecule has 6 heteroatoms. The molecule has 142 valence electrons. The predicted octanol–water partition coefficient (Wildman–Crippen LogP) is 4.82. The summed E-state index contributed by atoms with van der Waals surface area (Å²) in [6.07, 6.45) is 1.80. The van der Waals surface area contributed by atoms with E-state index >= 15 is 0 Å². The largest absolute Gasteiger partial charge is 0.454 e. The Bertz CT molecular complexity index is 1010. The molecule has 0 radical (unpaired) electrons. The molecule has 1 aliphatic rings. The number of hydrogen-bond acceptors (Lipinski definition) is 4. The summed E-state index contributed by atoms with van der Waals surface area (Å²) >= 11 is 1.50. The van der Waals surface area contributed by atoms with Gasteiger partial charge in [-0.25, -0.2) is 4.39 Å². The molecule has 4 nitrogen and oxygen atoms in total. The average molecular weight is 395 g/mol. The molecule has 1 amide bonds. The summed E-state index contributed by atoms with van der Waals surface area (Å²) in [5.74, 6) is 0.998. The average Bonchev–Trinajstić information content (AvgIpc) is 3.38. The van der Waals surface area contributed by atoms with Crippen LogP contribution in [0.25, 0.3) is 11.6 Å². The van der Waals surface area contributed by atoms with Crippen LogP contribution in [0.15, 0.2) is 60.0 Å². The molecule has 1 aromatic heterocycles. The number of benzene rings is 2. The van der Waals surface area contributed by atoms with Crippen molar-refractivity contribution in [2.75, 3.05) is 13.8 Å². The highest BCUT2D eigenvalue weighted by molar-refractivity contribution is 7.11. The van der Waals surface area contributed by atoms with E-state index in [0.29, 0.717) is 23.6 Å². The van der Waals surface area contributed by atoms with Gasteiger partial charge in [0, 0.05) is 18.5 Å². The topological polar surface area (TPSA) is 38.8 Å². The third-order valence-electron chi connectivity index (χ3n) is 4.40. The van der Waals surface area contributed by atoms with Gasteiger partial charge in [0.2, 0.25) is 6.79 Å². The van der Waals surface area contributed by atoms with Crippen molar-refractivity contribution in [2.24, 2.45) is 0 Å². The minimum atomic E-state index is -0.305. The molecule has 4 rings (SSSR count).